The Balaban J connectivity index is 2.34. The van der Waals surface area contributed by atoms with Gasteiger partial charge in [0, 0.05) is 13.1 Å². The molecule has 1 aromatic rings. The molecule has 122 valence electrons. The molecule has 0 fully saturated rings. The molecule has 3 N–H and O–H groups in total. The topological polar surface area (TPSA) is 75.8 Å². The van der Waals surface area contributed by atoms with Crippen LogP contribution in [0.3, 0.4) is 0 Å². The van der Waals surface area contributed by atoms with Gasteiger partial charge in [0.2, 0.25) is 0 Å². The molecule has 1 unspecified atom stereocenters. The Morgan fingerprint density at radius 2 is 1.91 bits per heavy atom. The number of carbonyl (C=O) groups excluding carboxylic acids is 1. The van der Waals surface area contributed by atoms with Crippen molar-refractivity contribution >= 4 is 6.09 Å². The lowest BCUT2D eigenvalue weighted by molar-refractivity contribution is -0.0485. The molecule has 0 saturated carbocycles. The zero-order valence-corrected chi connectivity index (χ0v) is 13.8. The van der Waals surface area contributed by atoms with Crippen molar-refractivity contribution in [3.63, 3.8) is 0 Å². The van der Waals surface area contributed by atoms with E-state index in [4.69, 9.17) is 10.5 Å². The van der Waals surface area contributed by atoms with E-state index in [0.717, 1.165) is 11.1 Å². The van der Waals surface area contributed by atoms with Crippen LogP contribution in [0.1, 0.15) is 38.8 Å². The number of hydrogen-bond donors (Lipinski definition) is 2. The van der Waals surface area contributed by atoms with Gasteiger partial charge < -0.3 is 15.6 Å². The van der Waals surface area contributed by atoms with Crippen LogP contribution in [0, 0.1) is 0 Å². The number of nitrogens with two attached hydrogens (primary N) is 1. The van der Waals surface area contributed by atoms with Crippen LogP contribution in [0.2, 0.25) is 0 Å². The molecule has 5 nitrogen and oxygen atoms in total. The summed E-state index contributed by atoms with van der Waals surface area (Å²) in [6.07, 6.45) is 0.153. The standard InChI is InChI=1S/C17H26N2O3/c1-16(2,3)22-15(20)19-10-13-8-6-5-7-12(13)9-14(19)17(4,21)11-18/h5-8,14,21H,9-11,18H2,1-4H3/t14?,17-/m1/s1. The summed E-state index contributed by atoms with van der Waals surface area (Å²) in [4.78, 5) is 14.1. The number of amides is 1. The summed E-state index contributed by atoms with van der Waals surface area (Å²) < 4.78 is 5.50. The zero-order valence-electron chi connectivity index (χ0n) is 13.8. The second-order valence-electron chi connectivity index (χ2n) is 7.16. The Kier molecular flexibility index (Phi) is 4.49. The Labute approximate surface area is 132 Å². The molecule has 0 bridgehead atoms. The SMILES string of the molecule is CC(C)(C)OC(=O)N1Cc2ccccc2CC1[C@](C)(O)CN. The summed E-state index contributed by atoms with van der Waals surface area (Å²) in [6.45, 7) is 7.67. The lowest BCUT2D eigenvalue weighted by Gasteiger charge is -2.44. The minimum absolute atomic E-state index is 0.0825. The van der Waals surface area contributed by atoms with E-state index in [1.54, 1.807) is 11.8 Å². The van der Waals surface area contributed by atoms with Crippen molar-refractivity contribution in [3.8, 4) is 0 Å². The Hall–Kier alpha value is -1.59. The number of rotatable bonds is 2. The molecular formula is C17H26N2O3. The Bertz CT molecular complexity index is 549. The molecule has 2 atom stereocenters. The summed E-state index contributed by atoms with van der Waals surface area (Å²) in [7, 11) is 0. The average molecular weight is 306 g/mol. The summed E-state index contributed by atoms with van der Waals surface area (Å²) >= 11 is 0. The van der Waals surface area contributed by atoms with Crippen LogP contribution in [0.5, 0.6) is 0 Å². The van der Waals surface area contributed by atoms with Gasteiger partial charge in [-0.25, -0.2) is 4.79 Å². The summed E-state index contributed by atoms with van der Waals surface area (Å²) in [5.74, 6) is 0. The number of benzene rings is 1. The van der Waals surface area contributed by atoms with Gasteiger partial charge in [-0.05, 0) is 45.2 Å². The minimum Gasteiger partial charge on any atom is -0.444 e. The third-order valence-electron chi connectivity index (χ3n) is 4.01. The van der Waals surface area contributed by atoms with Crippen molar-refractivity contribution in [2.75, 3.05) is 6.54 Å². The Morgan fingerprint density at radius 3 is 2.45 bits per heavy atom. The molecule has 22 heavy (non-hydrogen) atoms. The van der Waals surface area contributed by atoms with E-state index in [1.807, 2.05) is 45.0 Å². The van der Waals surface area contributed by atoms with Crippen molar-refractivity contribution in [1.29, 1.82) is 0 Å². The maximum Gasteiger partial charge on any atom is 0.410 e. The molecule has 0 aliphatic carbocycles. The molecule has 1 amide bonds. The fraction of sp³-hybridized carbons (Fsp3) is 0.588. The van der Waals surface area contributed by atoms with Gasteiger partial charge in [0.15, 0.2) is 0 Å². The lowest BCUT2D eigenvalue weighted by atomic mass is 9.84. The van der Waals surface area contributed by atoms with Crippen molar-refractivity contribution in [2.24, 2.45) is 5.73 Å². The van der Waals surface area contributed by atoms with Crippen molar-refractivity contribution in [2.45, 2.75) is 57.9 Å². The largest absolute Gasteiger partial charge is 0.444 e. The second kappa shape index (κ2) is 5.89. The van der Waals surface area contributed by atoms with Gasteiger partial charge in [-0.1, -0.05) is 24.3 Å². The maximum atomic E-state index is 12.5. The third-order valence-corrected chi connectivity index (χ3v) is 4.01. The summed E-state index contributed by atoms with van der Waals surface area (Å²) in [6, 6.07) is 7.55. The highest BCUT2D eigenvalue weighted by atomic mass is 16.6. The van der Waals surface area contributed by atoms with Crippen LogP contribution in [0.15, 0.2) is 24.3 Å². The lowest BCUT2D eigenvalue weighted by Crippen LogP contribution is -2.59. The van der Waals surface area contributed by atoms with Gasteiger partial charge in [-0.3, -0.25) is 4.90 Å². The van der Waals surface area contributed by atoms with E-state index in [9.17, 15) is 9.90 Å². The number of hydrogen-bond acceptors (Lipinski definition) is 4. The van der Waals surface area contributed by atoms with Gasteiger partial charge in [0.25, 0.3) is 0 Å². The van der Waals surface area contributed by atoms with Crippen molar-refractivity contribution in [1.82, 2.24) is 4.90 Å². The first-order valence-corrected chi connectivity index (χ1v) is 7.63. The maximum absolute atomic E-state index is 12.5. The van der Waals surface area contributed by atoms with Gasteiger partial charge in [-0.2, -0.15) is 0 Å². The van der Waals surface area contributed by atoms with E-state index < -0.39 is 23.3 Å². The van der Waals surface area contributed by atoms with Gasteiger partial charge in [0.05, 0.1) is 11.6 Å². The first-order valence-electron chi connectivity index (χ1n) is 7.63. The summed E-state index contributed by atoms with van der Waals surface area (Å²) in [5.41, 5.74) is 6.20. The number of carbonyl (C=O) groups is 1. The quantitative estimate of drug-likeness (QED) is 0.877. The molecule has 0 spiro atoms. The van der Waals surface area contributed by atoms with E-state index in [2.05, 4.69) is 0 Å². The fourth-order valence-corrected chi connectivity index (χ4v) is 2.73. The second-order valence-corrected chi connectivity index (χ2v) is 7.16. The molecular weight excluding hydrogens is 280 g/mol. The monoisotopic (exact) mass is 306 g/mol. The smallest absolute Gasteiger partial charge is 0.410 e. The van der Waals surface area contributed by atoms with Crippen LogP contribution >= 0.6 is 0 Å². The molecule has 1 heterocycles. The molecule has 0 radical (unpaired) electrons. The molecule has 1 aliphatic heterocycles. The fourth-order valence-electron chi connectivity index (χ4n) is 2.73. The Morgan fingerprint density at radius 1 is 1.32 bits per heavy atom. The molecule has 2 rings (SSSR count). The highest BCUT2D eigenvalue weighted by Crippen LogP contribution is 2.30. The van der Waals surface area contributed by atoms with Crippen LogP contribution < -0.4 is 5.73 Å². The predicted octanol–water partition coefficient (Wildman–Crippen LogP) is 2.06. The van der Waals surface area contributed by atoms with E-state index in [-0.39, 0.29) is 6.54 Å². The average Bonchev–Trinajstić information content (AvgIpc) is 2.44. The molecule has 0 saturated heterocycles. The molecule has 1 aromatic carbocycles. The van der Waals surface area contributed by atoms with E-state index >= 15 is 0 Å². The van der Waals surface area contributed by atoms with Gasteiger partial charge in [-0.15, -0.1) is 0 Å². The van der Waals surface area contributed by atoms with Crippen molar-refractivity contribution < 1.29 is 14.6 Å². The van der Waals surface area contributed by atoms with Crippen LogP contribution in [0.25, 0.3) is 0 Å². The highest BCUT2D eigenvalue weighted by Gasteiger charge is 2.42. The zero-order chi connectivity index (χ0) is 16.5. The minimum atomic E-state index is -1.16. The first-order chi connectivity index (χ1) is 10.1. The van der Waals surface area contributed by atoms with Gasteiger partial charge >= 0.3 is 6.09 Å². The number of ether oxygens (including phenoxy) is 1. The highest BCUT2D eigenvalue weighted by molar-refractivity contribution is 5.69. The third kappa shape index (κ3) is 3.59. The molecule has 1 aliphatic rings. The van der Waals surface area contributed by atoms with Crippen LogP contribution in [-0.4, -0.2) is 39.9 Å². The number of nitrogens with zero attached hydrogens (tertiary/aromatic N) is 1. The van der Waals surface area contributed by atoms with E-state index in [0.29, 0.717) is 13.0 Å². The molecule has 5 heteroatoms. The van der Waals surface area contributed by atoms with Gasteiger partial charge in [0.1, 0.15) is 5.60 Å². The number of fused-ring (bicyclic) bond motifs is 1. The predicted molar refractivity (Wildman–Crippen MR) is 85.4 cm³/mol. The van der Waals surface area contributed by atoms with Crippen LogP contribution in [0.4, 0.5) is 4.79 Å². The van der Waals surface area contributed by atoms with Crippen LogP contribution in [-0.2, 0) is 17.7 Å². The van der Waals surface area contributed by atoms with E-state index in [1.165, 1.54) is 0 Å². The summed E-state index contributed by atoms with van der Waals surface area (Å²) in [5, 5.41) is 10.6. The first kappa shape index (κ1) is 16.8. The molecule has 0 aromatic heterocycles. The normalized spacial score (nSPS) is 21.0. The van der Waals surface area contributed by atoms with Crippen molar-refractivity contribution in [3.05, 3.63) is 35.4 Å². The number of aliphatic hydroxyl groups is 1.